The van der Waals surface area contributed by atoms with Crippen molar-refractivity contribution in [1.29, 1.82) is 0 Å². The summed E-state index contributed by atoms with van der Waals surface area (Å²) in [5.74, 6) is -2.51. The summed E-state index contributed by atoms with van der Waals surface area (Å²) in [4.78, 5) is 19.5. The number of halogens is 2. The number of fused-ring (bicyclic) bond motifs is 1. The van der Waals surface area contributed by atoms with Crippen LogP contribution >= 0.6 is 0 Å². The number of hydrogen-bond acceptors (Lipinski definition) is 4. The highest BCUT2D eigenvalue weighted by atomic mass is 19.1. The molecule has 4 aromatic rings. The summed E-state index contributed by atoms with van der Waals surface area (Å²) >= 11 is 0. The van der Waals surface area contributed by atoms with Crippen molar-refractivity contribution in [2.75, 3.05) is 5.32 Å². The van der Waals surface area contributed by atoms with Crippen LogP contribution in [0.3, 0.4) is 0 Å². The van der Waals surface area contributed by atoms with E-state index in [0.29, 0.717) is 16.9 Å². The number of phenolic OH excluding ortho intramolecular Hbond substituents is 1. The van der Waals surface area contributed by atoms with Crippen molar-refractivity contribution >= 4 is 22.6 Å². The Bertz CT molecular complexity index is 1120. The standard InChI is InChI=1S/C17H11F2N5O2/c18-9-2-1-3-10(19)14(9)17(26)23-13-7-20-24-15(13)16-21-11-5-4-8(25)6-12(11)22-16/h1-7,25H,(H,20,24)(H,21,22)(H,23,26). The third-order valence-corrected chi connectivity index (χ3v) is 3.77. The first kappa shape index (κ1) is 15.8. The zero-order valence-electron chi connectivity index (χ0n) is 13.0. The number of aromatic hydroxyl groups is 1. The van der Waals surface area contributed by atoms with Crippen LogP contribution in [-0.4, -0.2) is 31.2 Å². The fourth-order valence-electron chi connectivity index (χ4n) is 2.57. The summed E-state index contributed by atoms with van der Waals surface area (Å²) in [5, 5.41) is 18.5. The van der Waals surface area contributed by atoms with Crippen molar-refractivity contribution in [3.63, 3.8) is 0 Å². The number of hydrogen-bond donors (Lipinski definition) is 4. The second-order valence-corrected chi connectivity index (χ2v) is 5.49. The lowest BCUT2D eigenvalue weighted by Gasteiger charge is -2.06. The van der Waals surface area contributed by atoms with Gasteiger partial charge in [-0.05, 0) is 24.3 Å². The van der Waals surface area contributed by atoms with E-state index in [0.717, 1.165) is 12.1 Å². The highest BCUT2D eigenvalue weighted by Gasteiger charge is 2.20. The van der Waals surface area contributed by atoms with Crippen LogP contribution < -0.4 is 5.32 Å². The lowest BCUT2D eigenvalue weighted by atomic mass is 10.2. The van der Waals surface area contributed by atoms with Crippen LogP contribution in [0.4, 0.5) is 14.5 Å². The minimum atomic E-state index is -0.966. The molecule has 0 unspecified atom stereocenters. The van der Waals surface area contributed by atoms with Gasteiger partial charge in [0.15, 0.2) is 11.5 Å². The molecule has 0 radical (unpaired) electrons. The Kier molecular flexibility index (Phi) is 3.61. The van der Waals surface area contributed by atoms with Crippen LogP contribution in [0.2, 0.25) is 0 Å². The van der Waals surface area contributed by atoms with Crippen molar-refractivity contribution in [2.24, 2.45) is 0 Å². The van der Waals surface area contributed by atoms with Crippen molar-refractivity contribution in [3.05, 3.63) is 59.8 Å². The molecule has 0 aliphatic rings. The molecule has 0 aliphatic carbocycles. The van der Waals surface area contributed by atoms with Gasteiger partial charge in [-0.1, -0.05) is 6.07 Å². The first-order valence-electron chi connectivity index (χ1n) is 7.51. The van der Waals surface area contributed by atoms with Gasteiger partial charge in [-0.25, -0.2) is 13.8 Å². The number of amides is 1. The number of rotatable bonds is 3. The van der Waals surface area contributed by atoms with E-state index in [1.807, 2.05) is 0 Å². The van der Waals surface area contributed by atoms with E-state index >= 15 is 0 Å². The van der Waals surface area contributed by atoms with Crippen molar-refractivity contribution in [1.82, 2.24) is 20.2 Å². The number of H-pyrrole nitrogens is 2. The summed E-state index contributed by atoms with van der Waals surface area (Å²) in [7, 11) is 0. The minimum absolute atomic E-state index is 0.0566. The molecule has 0 fully saturated rings. The summed E-state index contributed by atoms with van der Waals surface area (Å²) in [6, 6.07) is 7.78. The van der Waals surface area contributed by atoms with Crippen LogP contribution in [0.15, 0.2) is 42.6 Å². The molecule has 130 valence electrons. The maximum absolute atomic E-state index is 13.8. The zero-order valence-corrected chi connectivity index (χ0v) is 13.0. The molecule has 4 rings (SSSR count). The Labute approximate surface area is 144 Å². The number of aromatic amines is 2. The quantitative estimate of drug-likeness (QED) is 0.453. The molecule has 1 amide bonds. The molecule has 2 aromatic carbocycles. The van der Waals surface area contributed by atoms with Crippen molar-refractivity contribution in [2.45, 2.75) is 0 Å². The number of anilines is 1. The van der Waals surface area contributed by atoms with Gasteiger partial charge in [-0.2, -0.15) is 5.10 Å². The van der Waals surface area contributed by atoms with Crippen molar-refractivity contribution < 1.29 is 18.7 Å². The Hall–Kier alpha value is -3.75. The number of phenols is 1. The minimum Gasteiger partial charge on any atom is -0.508 e. The Morgan fingerprint density at radius 3 is 2.69 bits per heavy atom. The zero-order chi connectivity index (χ0) is 18.3. The molecule has 0 atom stereocenters. The summed E-state index contributed by atoms with van der Waals surface area (Å²) in [6.07, 6.45) is 1.37. The fourth-order valence-corrected chi connectivity index (χ4v) is 2.57. The second-order valence-electron chi connectivity index (χ2n) is 5.49. The highest BCUT2D eigenvalue weighted by molar-refractivity contribution is 6.06. The van der Waals surface area contributed by atoms with E-state index in [2.05, 4.69) is 25.5 Å². The molecule has 0 saturated heterocycles. The number of imidazole rings is 1. The third-order valence-electron chi connectivity index (χ3n) is 3.77. The van der Waals surface area contributed by atoms with E-state index in [1.165, 1.54) is 24.4 Å². The largest absolute Gasteiger partial charge is 0.508 e. The van der Waals surface area contributed by atoms with Gasteiger partial charge < -0.3 is 15.4 Å². The van der Waals surface area contributed by atoms with Gasteiger partial charge in [0.25, 0.3) is 5.91 Å². The molecule has 0 aliphatic heterocycles. The van der Waals surface area contributed by atoms with Gasteiger partial charge in [-0.3, -0.25) is 9.89 Å². The maximum atomic E-state index is 13.8. The van der Waals surface area contributed by atoms with Gasteiger partial charge in [-0.15, -0.1) is 0 Å². The number of carbonyl (C=O) groups excluding carboxylic acids is 1. The molecule has 7 nitrogen and oxygen atoms in total. The van der Waals surface area contributed by atoms with Gasteiger partial charge in [0.2, 0.25) is 0 Å². The highest BCUT2D eigenvalue weighted by Crippen LogP contribution is 2.27. The summed E-state index contributed by atoms with van der Waals surface area (Å²) < 4.78 is 27.5. The van der Waals surface area contributed by atoms with Crippen LogP contribution in [-0.2, 0) is 0 Å². The Morgan fingerprint density at radius 2 is 1.92 bits per heavy atom. The predicted octanol–water partition coefficient (Wildman–Crippen LogP) is 3.19. The van der Waals surface area contributed by atoms with E-state index in [-0.39, 0.29) is 17.1 Å². The number of nitrogens with zero attached hydrogens (tertiary/aromatic N) is 2. The van der Waals surface area contributed by atoms with Crippen LogP contribution in [0.5, 0.6) is 5.75 Å². The van der Waals surface area contributed by atoms with Gasteiger partial charge >= 0.3 is 0 Å². The topological polar surface area (TPSA) is 107 Å². The maximum Gasteiger partial charge on any atom is 0.261 e. The molecule has 2 aromatic heterocycles. The first-order valence-corrected chi connectivity index (χ1v) is 7.51. The first-order chi connectivity index (χ1) is 12.5. The number of carbonyl (C=O) groups is 1. The Morgan fingerprint density at radius 1 is 1.15 bits per heavy atom. The molecular weight excluding hydrogens is 344 g/mol. The summed E-state index contributed by atoms with van der Waals surface area (Å²) in [5.41, 5.74) is 0.916. The number of nitrogens with one attached hydrogen (secondary N) is 3. The van der Waals surface area contributed by atoms with E-state index in [1.54, 1.807) is 6.07 Å². The fraction of sp³-hybridized carbons (Fsp3) is 0. The molecular formula is C17H11F2N5O2. The second kappa shape index (κ2) is 5.96. The average Bonchev–Trinajstić information content (AvgIpc) is 3.20. The molecule has 9 heteroatoms. The Balaban J connectivity index is 1.69. The predicted molar refractivity (Wildman–Crippen MR) is 89.7 cm³/mol. The van der Waals surface area contributed by atoms with Crippen molar-refractivity contribution in [3.8, 4) is 17.3 Å². The SMILES string of the molecule is O=C(Nc1c[nH]nc1-c1nc2cc(O)ccc2[nH]1)c1c(F)cccc1F. The monoisotopic (exact) mass is 355 g/mol. The molecule has 2 heterocycles. The molecule has 4 N–H and O–H groups in total. The normalized spacial score (nSPS) is 11.0. The lowest BCUT2D eigenvalue weighted by molar-refractivity contribution is 0.101. The molecule has 0 bridgehead atoms. The molecule has 26 heavy (non-hydrogen) atoms. The van der Waals surface area contributed by atoms with Gasteiger partial charge in [0.1, 0.15) is 22.9 Å². The van der Waals surface area contributed by atoms with Gasteiger partial charge in [0.05, 0.1) is 16.7 Å². The van der Waals surface area contributed by atoms with Crippen LogP contribution in [0.1, 0.15) is 10.4 Å². The van der Waals surface area contributed by atoms with Gasteiger partial charge in [0, 0.05) is 12.3 Å². The lowest BCUT2D eigenvalue weighted by Crippen LogP contribution is -2.16. The third kappa shape index (κ3) is 2.65. The number of benzene rings is 2. The van der Waals surface area contributed by atoms with Crippen LogP contribution in [0.25, 0.3) is 22.6 Å². The molecule has 0 spiro atoms. The number of aromatic nitrogens is 4. The summed E-state index contributed by atoms with van der Waals surface area (Å²) in [6.45, 7) is 0. The van der Waals surface area contributed by atoms with E-state index in [4.69, 9.17) is 0 Å². The van der Waals surface area contributed by atoms with E-state index in [9.17, 15) is 18.7 Å². The smallest absolute Gasteiger partial charge is 0.261 e. The van der Waals surface area contributed by atoms with E-state index < -0.39 is 23.1 Å². The molecule has 0 saturated carbocycles. The van der Waals surface area contributed by atoms with Crippen LogP contribution in [0, 0.1) is 11.6 Å². The average molecular weight is 355 g/mol.